The van der Waals surface area contributed by atoms with Gasteiger partial charge in [-0.05, 0) is 37.0 Å². The lowest BCUT2D eigenvalue weighted by Crippen LogP contribution is -2.45. The third-order valence-electron chi connectivity index (χ3n) is 3.55. The Labute approximate surface area is 111 Å². The molecule has 0 amide bonds. The zero-order chi connectivity index (χ0) is 12.6. The molecule has 3 rings (SSSR count). The average Bonchev–Trinajstić information content (AvgIpc) is 2.75. The van der Waals surface area contributed by atoms with Gasteiger partial charge in [0.25, 0.3) is 0 Å². The van der Waals surface area contributed by atoms with Gasteiger partial charge >= 0.3 is 0 Å². The number of aliphatic hydroxyl groups is 1. The van der Waals surface area contributed by atoms with Crippen molar-refractivity contribution in [3.63, 3.8) is 0 Å². The highest BCUT2D eigenvalue weighted by Gasteiger charge is 2.33. The molecular formula is C13H16ClNO3. The topological polar surface area (TPSA) is 50.7 Å². The van der Waals surface area contributed by atoms with Gasteiger partial charge in [-0.15, -0.1) is 0 Å². The Kier molecular flexibility index (Phi) is 3.09. The van der Waals surface area contributed by atoms with Crippen molar-refractivity contribution >= 4 is 11.6 Å². The van der Waals surface area contributed by atoms with Crippen LogP contribution in [0.1, 0.15) is 24.8 Å². The van der Waals surface area contributed by atoms with Gasteiger partial charge in [-0.1, -0.05) is 11.6 Å². The van der Waals surface area contributed by atoms with Crippen LogP contribution >= 0.6 is 11.6 Å². The van der Waals surface area contributed by atoms with Crippen LogP contribution in [0, 0.1) is 0 Å². The first-order valence-electron chi connectivity index (χ1n) is 6.17. The van der Waals surface area contributed by atoms with Crippen molar-refractivity contribution in [1.29, 1.82) is 0 Å². The molecule has 4 nitrogen and oxygen atoms in total. The van der Waals surface area contributed by atoms with E-state index in [1.54, 1.807) is 0 Å². The van der Waals surface area contributed by atoms with Crippen molar-refractivity contribution in [3.8, 4) is 11.5 Å². The molecule has 2 N–H and O–H groups in total. The first-order valence-corrected chi connectivity index (χ1v) is 6.55. The molecule has 1 saturated carbocycles. The van der Waals surface area contributed by atoms with E-state index in [-0.39, 0.29) is 6.79 Å². The fourth-order valence-electron chi connectivity index (χ4n) is 2.32. The molecule has 0 bridgehead atoms. The first kappa shape index (κ1) is 12.1. The number of fused-ring (bicyclic) bond motifs is 1. The minimum absolute atomic E-state index is 0.228. The van der Waals surface area contributed by atoms with E-state index in [9.17, 15) is 5.11 Å². The van der Waals surface area contributed by atoms with Crippen molar-refractivity contribution in [2.75, 3.05) is 13.3 Å². The SMILES string of the molecule is OC1(CNCc2cc(Cl)c3c(c2)OCO3)CCC1. The number of nitrogens with one attached hydrogen (secondary N) is 1. The number of rotatable bonds is 4. The molecular weight excluding hydrogens is 254 g/mol. The molecule has 98 valence electrons. The van der Waals surface area contributed by atoms with Crippen LogP contribution in [0.25, 0.3) is 0 Å². The van der Waals surface area contributed by atoms with Crippen LogP contribution in [-0.4, -0.2) is 24.0 Å². The second kappa shape index (κ2) is 4.61. The number of halogens is 1. The Bertz CT molecular complexity index is 460. The quantitative estimate of drug-likeness (QED) is 0.879. The summed E-state index contributed by atoms with van der Waals surface area (Å²) in [5.74, 6) is 1.32. The molecule has 18 heavy (non-hydrogen) atoms. The predicted octanol–water partition coefficient (Wildman–Crippen LogP) is 2.07. The summed E-state index contributed by atoms with van der Waals surface area (Å²) in [5, 5.41) is 13.8. The normalized spacial score (nSPS) is 19.7. The van der Waals surface area contributed by atoms with Crippen molar-refractivity contribution in [2.45, 2.75) is 31.4 Å². The second-order valence-corrected chi connectivity index (χ2v) is 5.40. The van der Waals surface area contributed by atoms with Gasteiger partial charge in [0.05, 0.1) is 10.6 Å². The fraction of sp³-hybridized carbons (Fsp3) is 0.538. The summed E-state index contributed by atoms with van der Waals surface area (Å²) in [4.78, 5) is 0. The summed E-state index contributed by atoms with van der Waals surface area (Å²) >= 11 is 6.10. The van der Waals surface area contributed by atoms with Crippen LogP contribution in [0.2, 0.25) is 5.02 Å². The van der Waals surface area contributed by atoms with Gasteiger partial charge in [-0.3, -0.25) is 0 Å². The zero-order valence-electron chi connectivity index (χ0n) is 10.0. The van der Waals surface area contributed by atoms with Gasteiger partial charge in [-0.25, -0.2) is 0 Å². The molecule has 2 aliphatic rings. The van der Waals surface area contributed by atoms with Crippen LogP contribution in [-0.2, 0) is 6.54 Å². The number of hydrogen-bond donors (Lipinski definition) is 2. The summed E-state index contributed by atoms with van der Waals surface area (Å²) in [5.41, 5.74) is 0.535. The monoisotopic (exact) mass is 269 g/mol. The fourth-order valence-corrected chi connectivity index (χ4v) is 2.61. The number of hydrogen-bond acceptors (Lipinski definition) is 4. The first-order chi connectivity index (χ1) is 8.66. The third-order valence-corrected chi connectivity index (χ3v) is 3.84. The summed E-state index contributed by atoms with van der Waals surface area (Å²) in [7, 11) is 0. The van der Waals surface area contributed by atoms with Crippen molar-refractivity contribution in [1.82, 2.24) is 5.32 Å². The van der Waals surface area contributed by atoms with E-state index in [1.807, 2.05) is 12.1 Å². The van der Waals surface area contributed by atoms with Crippen LogP contribution < -0.4 is 14.8 Å². The molecule has 1 aliphatic heterocycles. The Balaban J connectivity index is 1.61. The second-order valence-electron chi connectivity index (χ2n) is 4.99. The smallest absolute Gasteiger partial charge is 0.231 e. The van der Waals surface area contributed by atoms with E-state index in [1.165, 1.54) is 0 Å². The van der Waals surface area contributed by atoms with Crippen LogP contribution in [0.3, 0.4) is 0 Å². The Morgan fingerprint density at radius 2 is 2.17 bits per heavy atom. The summed E-state index contributed by atoms with van der Waals surface area (Å²) < 4.78 is 10.6. The van der Waals surface area contributed by atoms with Gasteiger partial charge in [0.1, 0.15) is 0 Å². The lowest BCUT2D eigenvalue weighted by Gasteiger charge is -2.36. The Morgan fingerprint density at radius 3 is 2.89 bits per heavy atom. The molecule has 0 radical (unpaired) electrons. The standard InChI is InChI=1S/C13H16ClNO3/c14-10-4-9(5-11-12(10)18-8-17-11)6-15-7-13(16)2-1-3-13/h4-5,15-16H,1-3,6-8H2. The minimum atomic E-state index is -0.500. The van der Waals surface area contributed by atoms with Crippen LogP contribution in [0.15, 0.2) is 12.1 Å². The highest BCUT2D eigenvalue weighted by atomic mass is 35.5. The molecule has 1 aromatic carbocycles. The predicted molar refractivity (Wildman–Crippen MR) is 68.1 cm³/mol. The maximum atomic E-state index is 9.96. The molecule has 1 aliphatic carbocycles. The van der Waals surface area contributed by atoms with Crippen molar-refractivity contribution in [3.05, 3.63) is 22.7 Å². The molecule has 1 fully saturated rings. The summed E-state index contributed by atoms with van der Waals surface area (Å²) in [6.07, 6.45) is 2.90. The molecule has 0 aromatic heterocycles. The molecule has 1 aromatic rings. The van der Waals surface area contributed by atoms with Gasteiger partial charge in [0, 0.05) is 13.1 Å². The lowest BCUT2D eigenvalue weighted by atomic mass is 9.80. The van der Waals surface area contributed by atoms with Crippen molar-refractivity contribution < 1.29 is 14.6 Å². The maximum absolute atomic E-state index is 9.96. The maximum Gasteiger partial charge on any atom is 0.231 e. The van der Waals surface area contributed by atoms with E-state index >= 15 is 0 Å². The van der Waals surface area contributed by atoms with E-state index in [0.717, 1.165) is 24.8 Å². The molecule has 0 spiro atoms. The molecule has 0 atom stereocenters. The van der Waals surface area contributed by atoms with Crippen LogP contribution in [0.5, 0.6) is 11.5 Å². The Hall–Kier alpha value is -0.970. The van der Waals surface area contributed by atoms with E-state index in [4.69, 9.17) is 21.1 Å². The average molecular weight is 270 g/mol. The summed E-state index contributed by atoms with van der Waals surface area (Å²) in [6.45, 7) is 1.52. The lowest BCUT2D eigenvalue weighted by molar-refractivity contribution is -0.0314. The zero-order valence-corrected chi connectivity index (χ0v) is 10.8. The van der Waals surface area contributed by atoms with Crippen LogP contribution in [0.4, 0.5) is 0 Å². The van der Waals surface area contributed by atoms with E-state index in [2.05, 4.69) is 5.32 Å². The van der Waals surface area contributed by atoms with Gasteiger partial charge < -0.3 is 19.9 Å². The van der Waals surface area contributed by atoms with E-state index in [0.29, 0.717) is 29.6 Å². The largest absolute Gasteiger partial charge is 0.454 e. The Morgan fingerprint density at radius 1 is 1.33 bits per heavy atom. The van der Waals surface area contributed by atoms with E-state index < -0.39 is 5.60 Å². The van der Waals surface area contributed by atoms with Gasteiger partial charge in [-0.2, -0.15) is 0 Å². The molecule has 1 heterocycles. The van der Waals surface area contributed by atoms with Crippen molar-refractivity contribution in [2.24, 2.45) is 0 Å². The minimum Gasteiger partial charge on any atom is -0.454 e. The highest BCUT2D eigenvalue weighted by molar-refractivity contribution is 6.32. The third kappa shape index (κ3) is 2.28. The number of benzene rings is 1. The molecule has 5 heteroatoms. The highest BCUT2D eigenvalue weighted by Crippen LogP contribution is 2.39. The molecule has 0 unspecified atom stereocenters. The number of ether oxygens (including phenoxy) is 2. The van der Waals surface area contributed by atoms with Gasteiger partial charge in [0.2, 0.25) is 6.79 Å². The molecule has 0 saturated heterocycles. The summed E-state index contributed by atoms with van der Waals surface area (Å²) in [6, 6.07) is 3.79. The van der Waals surface area contributed by atoms with Gasteiger partial charge in [0.15, 0.2) is 11.5 Å².